The monoisotopic (exact) mass is 470 g/mol. The molecule has 4 rings (SSSR count). The fourth-order valence-corrected chi connectivity index (χ4v) is 4.68. The van der Waals surface area contributed by atoms with Gasteiger partial charge in [0.25, 0.3) is 11.5 Å². The molecule has 1 aliphatic rings. The van der Waals surface area contributed by atoms with Crippen LogP contribution in [0.2, 0.25) is 0 Å². The molecule has 34 heavy (non-hydrogen) atoms. The third-order valence-electron chi connectivity index (χ3n) is 6.57. The van der Waals surface area contributed by atoms with Crippen molar-refractivity contribution in [3.63, 3.8) is 0 Å². The summed E-state index contributed by atoms with van der Waals surface area (Å²) >= 11 is 0. The zero-order valence-electron chi connectivity index (χ0n) is 18.8. The van der Waals surface area contributed by atoms with Crippen molar-refractivity contribution >= 4 is 22.6 Å². The van der Waals surface area contributed by atoms with Crippen LogP contribution in [0.1, 0.15) is 66.4 Å². The van der Waals surface area contributed by atoms with Gasteiger partial charge in [0.05, 0.1) is 5.69 Å². The van der Waals surface area contributed by atoms with Gasteiger partial charge in [0.2, 0.25) is 0 Å². The lowest BCUT2D eigenvalue weighted by Crippen LogP contribution is -2.34. The predicted octanol–water partition coefficient (Wildman–Crippen LogP) is 4.33. The average Bonchev–Trinajstić information content (AvgIpc) is 2.83. The van der Waals surface area contributed by atoms with Crippen molar-refractivity contribution in [2.24, 2.45) is 5.92 Å². The number of hydrogen-bond donors (Lipinski definition) is 3. The summed E-state index contributed by atoms with van der Waals surface area (Å²) in [5.74, 6) is -1.68. The highest BCUT2D eigenvalue weighted by atomic mass is 19.1. The summed E-state index contributed by atoms with van der Waals surface area (Å²) in [6.45, 7) is -0.285. The van der Waals surface area contributed by atoms with E-state index in [2.05, 4.69) is 10.3 Å². The fraction of sp³-hybridized carbons (Fsp3) is 0.400. The number of hydrogen-bond acceptors (Lipinski definition) is 5. The van der Waals surface area contributed by atoms with Crippen molar-refractivity contribution in [3.8, 4) is 0 Å². The minimum atomic E-state index is -1.03. The highest BCUT2D eigenvalue weighted by molar-refractivity contribution is 6.05. The normalized spacial score (nSPS) is 14.4. The number of halogens is 2. The van der Waals surface area contributed by atoms with Gasteiger partial charge in [0.15, 0.2) is 5.65 Å². The third-order valence-corrected chi connectivity index (χ3v) is 6.57. The van der Waals surface area contributed by atoms with E-state index in [1.807, 2.05) is 0 Å². The molecule has 0 aliphatic heterocycles. The van der Waals surface area contributed by atoms with Crippen LogP contribution in [-0.2, 0) is 13.0 Å². The Labute approximate surface area is 195 Å². The number of rotatable bonds is 7. The van der Waals surface area contributed by atoms with E-state index in [4.69, 9.17) is 5.73 Å². The molecule has 2 heterocycles. The van der Waals surface area contributed by atoms with Crippen molar-refractivity contribution in [2.45, 2.75) is 57.9 Å². The number of nitrogens with two attached hydrogens (primary N) is 1. The Bertz CT molecular complexity index is 1270. The molecule has 0 saturated heterocycles. The molecule has 7 nitrogen and oxygen atoms in total. The molecule has 2 aromatic heterocycles. The molecule has 0 spiro atoms. The topological polar surface area (TPSA) is 110 Å². The largest absolute Gasteiger partial charge is 0.423 e. The van der Waals surface area contributed by atoms with Crippen molar-refractivity contribution < 1.29 is 18.8 Å². The summed E-state index contributed by atoms with van der Waals surface area (Å²) in [5.41, 5.74) is 5.48. The van der Waals surface area contributed by atoms with Gasteiger partial charge in [-0.1, -0.05) is 44.6 Å². The van der Waals surface area contributed by atoms with Gasteiger partial charge in [-0.2, -0.15) is 0 Å². The van der Waals surface area contributed by atoms with Gasteiger partial charge >= 0.3 is 0 Å². The Kier molecular flexibility index (Phi) is 7.09. The maximum atomic E-state index is 13.9. The summed E-state index contributed by atoms with van der Waals surface area (Å²) < 4.78 is 27.3. The fourth-order valence-electron chi connectivity index (χ4n) is 4.68. The first-order valence-electron chi connectivity index (χ1n) is 11.6. The van der Waals surface area contributed by atoms with Crippen LogP contribution in [0, 0.1) is 17.6 Å². The molecule has 1 aromatic carbocycles. The number of benzene rings is 1. The maximum Gasteiger partial charge on any atom is 0.299 e. The lowest BCUT2D eigenvalue weighted by atomic mass is 9.85. The Morgan fingerprint density at radius 1 is 1.21 bits per heavy atom. The standard InChI is InChI=1S/C25H28F2N4O3/c26-18-10-9-17(20(27)12-18)14-30-24(32)21-22(28)19-11-16(13-29-23(19)31(34)25(21)33)8-4-7-15-5-2-1-3-6-15/h9-13,15,34H,1-8,14,28H2,(H,30,32). The molecule has 1 aliphatic carbocycles. The first kappa shape index (κ1) is 23.7. The Balaban J connectivity index is 1.54. The molecule has 0 atom stereocenters. The smallest absolute Gasteiger partial charge is 0.299 e. The summed E-state index contributed by atoms with van der Waals surface area (Å²) in [5, 5.41) is 13.0. The summed E-state index contributed by atoms with van der Waals surface area (Å²) in [6.07, 6.45) is 11.0. The van der Waals surface area contributed by atoms with E-state index in [0.717, 1.165) is 36.8 Å². The Morgan fingerprint density at radius 2 is 1.97 bits per heavy atom. The number of carbonyl (C=O) groups is 1. The van der Waals surface area contributed by atoms with Crippen molar-refractivity contribution in [2.75, 3.05) is 5.73 Å². The molecular formula is C25H28F2N4O3. The predicted molar refractivity (Wildman–Crippen MR) is 125 cm³/mol. The number of anilines is 1. The number of nitrogen functional groups attached to an aromatic ring is 1. The van der Waals surface area contributed by atoms with Gasteiger partial charge in [-0.25, -0.2) is 13.8 Å². The summed E-state index contributed by atoms with van der Waals surface area (Å²) in [4.78, 5) is 29.5. The molecule has 0 unspecified atom stereocenters. The van der Waals surface area contributed by atoms with Crippen LogP contribution in [0.25, 0.3) is 11.0 Å². The molecule has 1 amide bonds. The number of nitrogens with zero attached hydrogens (tertiary/aromatic N) is 2. The van der Waals surface area contributed by atoms with E-state index in [9.17, 15) is 23.6 Å². The van der Waals surface area contributed by atoms with Crippen LogP contribution in [0.5, 0.6) is 0 Å². The van der Waals surface area contributed by atoms with Gasteiger partial charge in [-0.15, -0.1) is 4.73 Å². The van der Waals surface area contributed by atoms with E-state index >= 15 is 0 Å². The van der Waals surface area contributed by atoms with Crippen molar-refractivity contribution in [1.82, 2.24) is 15.0 Å². The molecule has 180 valence electrons. The van der Waals surface area contributed by atoms with Crippen molar-refractivity contribution in [1.29, 1.82) is 0 Å². The first-order valence-corrected chi connectivity index (χ1v) is 11.6. The summed E-state index contributed by atoms with van der Waals surface area (Å²) in [7, 11) is 0. The number of pyridine rings is 2. The van der Waals surface area contributed by atoms with E-state index < -0.39 is 28.7 Å². The minimum absolute atomic E-state index is 0.0420. The zero-order chi connectivity index (χ0) is 24.2. The molecule has 1 fully saturated rings. The van der Waals surface area contributed by atoms with Crippen LogP contribution in [0.4, 0.5) is 14.5 Å². The number of amides is 1. The van der Waals surface area contributed by atoms with Crippen LogP contribution < -0.4 is 16.6 Å². The van der Waals surface area contributed by atoms with E-state index in [0.29, 0.717) is 10.8 Å². The van der Waals surface area contributed by atoms with Gasteiger partial charge < -0.3 is 16.3 Å². The van der Waals surface area contributed by atoms with E-state index in [1.54, 1.807) is 12.3 Å². The first-order chi connectivity index (χ1) is 16.3. The zero-order valence-corrected chi connectivity index (χ0v) is 18.8. The molecule has 1 saturated carbocycles. The summed E-state index contributed by atoms with van der Waals surface area (Å²) in [6, 6.07) is 4.70. The highest BCUT2D eigenvalue weighted by Gasteiger charge is 2.22. The number of aryl methyl sites for hydroxylation is 1. The lowest BCUT2D eigenvalue weighted by Gasteiger charge is -2.21. The SMILES string of the molecule is Nc1c(C(=O)NCc2ccc(F)cc2F)c(=O)n(O)c2ncc(CCCC3CCCCC3)cc12. The van der Waals surface area contributed by atoms with Crippen LogP contribution in [0.15, 0.2) is 35.3 Å². The number of nitrogens with one attached hydrogen (secondary N) is 1. The second kappa shape index (κ2) is 10.2. The molecule has 0 radical (unpaired) electrons. The third kappa shape index (κ3) is 5.03. The van der Waals surface area contributed by atoms with Crippen LogP contribution in [-0.4, -0.2) is 20.8 Å². The molecule has 4 N–H and O–H groups in total. The van der Waals surface area contributed by atoms with Crippen LogP contribution in [0.3, 0.4) is 0 Å². The van der Waals surface area contributed by atoms with Gasteiger partial charge in [0.1, 0.15) is 17.2 Å². The number of carbonyl (C=O) groups excluding carboxylic acids is 1. The minimum Gasteiger partial charge on any atom is -0.423 e. The molecule has 0 bridgehead atoms. The second-order valence-corrected chi connectivity index (χ2v) is 8.94. The molecule has 9 heteroatoms. The maximum absolute atomic E-state index is 13.9. The second-order valence-electron chi connectivity index (χ2n) is 8.94. The van der Waals surface area contributed by atoms with Gasteiger partial charge in [-0.05, 0) is 36.5 Å². The van der Waals surface area contributed by atoms with Gasteiger partial charge in [0, 0.05) is 29.8 Å². The Morgan fingerprint density at radius 3 is 2.71 bits per heavy atom. The molecule has 3 aromatic rings. The molecular weight excluding hydrogens is 442 g/mol. The number of fused-ring (bicyclic) bond motifs is 1. The lowest BCUT2D eigenvalue weighted by molar-refractivity contribution is 0.0944. The Hall–Kier alpha value is -3.49. The van der Waals surface area contributed by atoms with Crippen LogP contribution >= 0.6 is 0 Å². The average molecular weight is 471 g/mol. The number of aromatic nitrogens is 2. The van der Waals surface area contributed by atoms with E-state index in [1.165, 1.54) is 38.2 Å². The van der Waals surface area contributed by atoms with Crippen molar-refractivity contribution in [3.05, 3.63) is 69.1 Å². The van der Waals surface area contributed by atoms with E-state index in [-0.39, 0.29) is 28.8 Å². The van der Waals surface area contributed by atoms with Gasteiger partial charge in [-0.3, -0.25) is 9.59 Å². The highest BCUT2D eigenvalue weighted by Crippen LogP contribution is 2.28. The quantitative estimate of drug-likeness (QED) is 0.445.